The van der Waals surface area contributed by atoms with E-state index in [2.05, 4.69) is 20.0 Å². The van der Waals surface area contributed by atoms with Gasteiger partial charge >= 0.3 is 0 Å². The molecule has 0 saturated carbocycles. The summed E-state index contributed by atoms with van der Waals surface area (Å²) < 4.78 is 1.79. The van der Waals surface area contributed by atoms with Gasteiger partial charge in [-0.15, -0.1) is 11.3 Å². The van der Waals surface area contributed by atoms with Gasteiger partial charge in [0.05, 0.1) is 18.8 Å². The maximum atomic E-state index is 12.4. The van der Waals surface area contributed by atoms with Crippen molar-refractivity contribution in [2.45, 2.75) is 6.42 Å². The van der Waals surface area contributed by atoms with Crippen LogP contribution in [-0.4, -0.2) is 56.6 Å². The Balaban J connectivity index is 1.43. The molecule has 3 aromatic rings. The molecule has 0 spiro atoms. The van der Waals surface area contributed by atoms with Crippen LogP contribution in [0.1, 0.15) is 4.88 Å². The zero-order chi connectivity index (χ0) is 15.6. The number of nitrogens with zero attached hydrogens (tertiary/aromatic N) is 6. The predicted molar refractivity (Wildman–Crippen MR) is 87.6 cm³/mol. The standard InChI is InChI=1S/C15H16N6OS/c22-15(8-12-2-1-7-23-12)20-5-3-19(4-6-20)14-10-16-9-13-17-11-18-21(13)14/h1-2,7,9-11H,3-6,8H2. The molecule has 0 unspecified atom stereocenters. The Bertz CT molecular complexity index is 806. The first-order valence-corrected chi connectivity index (χ1v) is 8.38. The highest BCUT2D eigenvalue weighted by Gasteiger charge is 2.23. The van der Waals surface area contributed by atoms with Gasteiger partial charge in [0.2, 0.25) is 5.91 Å². The highest BCUT2D eigenvalue weighted by atomic mass is 32.1. The first kappa shape index (κ1) is 14.1. The molecule has 4 rings (SSSR count). The molecule has 0 atom stereocenters. The summed E-state index contributed by atoms with van der Waals surface area (Å²) in [7, 11) is 0. The van der Waals surface area contributed by atoms with Gasteiger partial charge in [-0.25, -0.2) is 4.98 Å². The van der Waals surface area contributed by atoms with Crippen LogP contribution in [0, 0.1) is 0 Å². The van der Waals surface area contributed by atoms with E-state index in [-0.39, 0.29) is 5.91 Å². The molecule has 3 aromatic heterocycles. The molecule has 0 aliphatic carbocycles. The van der Waals surface area contributed by atoms with E-state index in [4.69, 9.17) is 0 Å². The fraction of sp³-hybridized carbons (Fsp3) is 0.333. The van der Waals surface area contributed by atoms with Crippen molar-refractivity contribution in [1.82, 2.24) is 24.5 Å². The highest BCUT2D eigenvalue weighted by molar-refractivity contribution is 7.10. The lowest BCUT2D eigenvalue weighted by Gasteiger charge is -2.35. The summed E-state index contributed by atoms with van der Waals surface area (Å²) >= 11 is 1.63. The lowest BCUT2D eigenvalue weighted by Crippen LogP contribution is -2.49. The fourth-order valence-electron chi connectivity index (χ4n) is 2.81. The number of aromatic nitrogens is 4. The molecule has 4 heterocycles. The van der Waals surface area contributed by atoms with E-state index in [0.717, 1.165) is 42.5 Å². The van der Waals surface area contributed by atoms with Crippen LogP contribution in [-0.2, 0) is 11.2 Å². The van der Waals surface area contributed by atoms with Crippen LogP contribution in [0.2, 0.25) is 0 Å². The molecule has 118 valence electrons. The quantitative estimate of drug-likeness (QED) is 0.720. The maximum Gasteiger partial charge on any atom is 0.227 e. The topological polar surface area (TPSA) is 66.6 Å². The smallest absolute Gasteiger partial charge is 0.227 e. The molecule has 8 heteroatoms. The van der Waals surface area contributed by atoms with Gasteiger partial charge in [0, 0.05) is 31.1 Å². The minimum Gasteiger partial charge on any atom is -0.352 e. The summed E-state index contributed by atoms with van der Waals surface area (Å²) in [5.74, 6) is 1.12. The number of anilines is 1. The Labute approximate surface area is 137 Å². The number of carbonyl (C=O) groups excluding carboxylic acids is 1. The molecule has 1 aliphatic heterocycles. The summed E-state index contributed by atoms with van der Waals surface area (Å²) in [5, 5.41) is 6.25. The lowest BCUT2D eigenvalue weighted by atomic mass is 10.2. The average Bonchev–Trinajstić information content (AvgIpc) is 3.25. The summed E-state index contributed by atoms with van der Waals surface area (Å²) in [5.41, 5.74) is 0.735. The molecular weight excluding hydrogens is 312 g/mol. The lowest BCUT2D eigenvalue weighted by molar-refractivity contribution is -0.130. The van der Waals surface area contributed by atoms with Crippen molar-refractivity contribution in [3.05, 3.63) is 41.1 Å². The van der Waals surface area contributed by atoms with Crippen molar-refractivity contribution in [3.8, 4) is 0 Å². The van der Waals surface area contributed by atoms with Crippen LogP contribution in [0.25, 0.3) is 5.65 Å². The van der Waals surface area contributed by atoms with E-state index in [1.807, 2.05) is 22.4 Å². The number of piperazine rings is 1. The van der Waals surface area contributed by atoms with Crippen molar-refractivity contribution in [2.24, 2.45) is 0 Å². The van der Waals surface area contributed by atoms with Crippen molar-refractivity contribution in [1.29, 1.82) is 0 Å². The molecule has 1 amide bonds. The zero-order valence-electron chi connectivity index (χ0n) is 12.5. The van der Waals surface area contributed by atoms with Crippen LogP contribution in [0.5, 0.6) is 0 Å². The predicted octanol–water partition coefficient (Wildman–Crippen LogP) is 1.08. The van der Waals surface area contributed by atoms with Gasteiger partial charge in [-0.05, 0) is 11.4 Å². The summed E-state index contributed by atoms with van der Waals surface area (Å²) in [6.45, 7) is 2.98. The number of rotatable bonds is 3. The molecule has 0 bridgehead atoms. The van der Waals surface area contributed by atoms with Crippen LogP contribution in [0.15, 0.2) is 36.2 Å². The number of hydrogen-bond acceptors (Lipinski definition) is 6. The van der Waals surface area contributed by atoms with Crippen molar-refractivity contribution >= 4 is 28.7 Å². The molecule has 1 aliphatic rings. The molecule has 0 radical (unpaired) electrons. The molecule has 23 heavy (non-hydrogen) atoms. The third-order valence-electron chi connectivity index (χ3n) is 4.03. The Morgan fingerprint density at radius 2 is 2.09 bits per heavy atom. The van der Waals surface area contributed by atoms with E-state index < -0.39 is 0 Å². The molecular formula is C15H16N6OS. The second-order valence-corrected chi connectivity index (χ2v) is 6.45. The van der Waals surface area contributed by atoms with Gasteiger partial charge in [-0.2, -0.15) is 9.61 Å². The Morgan fingerprint density at radius 1 is 1.22 bits per heavy atom. The van der Waals surface area contributed by atoms with E-state index in [0.29, 0.717) is 6.42 Å². The zero-order valence-corrected chi connectivity index (χ0v) is 13.3. The average molecular weight is 328 g/mol. The number of amides is 1. The maximum absolute atomic E-state index is 12.4. The van der Waals surface area contributed by atoms with E-state index >= 15 is 0 Å². The van der Waals surface area contributed by atoms with Crippen LogP contribution >= 0.6 is 11.3 Å². The Morgan fingerprint density at radius 3 is 2.87 bits per heavy atom. The second kappa shape index (κ2) is 5.96. The summed E-state index contributed by atoms with van der Waals surface area (Å²) in [4.78, 5) is 26.0. The van der Waals surface area contributed by atoms with E-state index in [1.54, 1.807) is 28.2 Å². The number of thiophene rings is 1. The number of carbonyl (C=O) groups is 1. The normalized spacial score (nSPS) is 15.3. The monoisotopic (exact) mass is 328 g/mol. The minimum atomic E-state index is 0.198. The van der Waals surface area contributed by atoms with E-state index in [1.165, 1.54) is 6.33 Å². The summed E-state index contributed by atoms with van der Waals surface area (Å²) in [6.07, 6.45) is 5.52. The van der Waals surface area contributed by atoms with Crippen molar-refractivity contribution < 1.29 is 4.79 Å². The minimum absolute atomic E-state index is 0.198. The SMILES string of the molecule is O=C(Cc1cccs1)N1CCN(c2cncc3ncnn23)CC1. The van der Waals surface area contributed by atoms with Gasteiger partial charge in [0.25, 0.3) is 0 Å². The molecule has 7 nitrogen and oxygen atoms in total. The Hall–Kier alpha value is -2.48. The van der Waals surface area contributed by atoms with Gasteiger partial charge in [-0.1, -0.05) is 6.07 Å². The summed E-state index contributed by atoms with van der Waals surface area (Å²) in [6, 6.07) is 3.99. The fourth-order valence-corrected chi connectivity index (χ4v) is 3.51. The van der Waals surface area contributed by atoms with Crippen molar-refractivity contribution in [3.63, 3.8) is 0 Å². The third-order valence-corrected chi connectivity index (χ3v) is 4.91. The van der Waals surface area contributed by atoms with Gasteiger partial charge < -0.3 is 9.80 Å². The van der Waals surface area contributed by atoms with E-state index in [9.17, 15) is 4.79 Å². The third kappa shape index (κ3) is 2.77. The second-order valence-electron chi connectivity index (χ2n) is 5.42. The van der Waals surface area contributed by atoms with Gasteiger partial charge in [0.15, 0.2) is 11.5 Å². The first-order valence-electron chi connectivity index (χ1n) is 7.50. The molecule has 0 N–H and O–H groups in total. The number of fused-ring (bicyclic) bond motifs is 1. The van der Waals surface area contributed by atoms with Crippen LogP contribution in [0.3, 0.4) is 0 Å². The molecule has 0 aromatic carbocycles. The number of hydrogen-bond donors (Lipinski definition) is 0. The molecule has 1 fully saturated rings. The molecule has 1 saturated heterocycles. The Kier molecular flexibility index (Phi) is 3.66. The van der Waals surface area contributed by atoms with Crippen molar-refractivity contribution in [2.75, 3.05) is 31.1 Å². The van der Waals surface area contributed by atoms with Gasteiger partial charge in [0.1, 0.15) is 6.33 Å². The highest BCUT2D eigenvalue weighted by Crippen LogP contribution is 2.17. The van der Waals surface area contributed by atoms with Crippen LogP contribution in [0.4, 0.5) is 5.82 Å². The van der Waals surface area contributed by atoms with Gasteiger partial charge in [-0.3, -0.25) is 9.78 Å². The first-order chi connectivity index (χ1) is 11.3. The largest absolute Gasteiger partial charge is 0.352 e. The van der Waals surface area contributed by atoms with Crippen LogP contribution < -0.4 is 4.90 Å².